The molecule has 1 aromatic heterocycles. The second-order valence-electron chi connectivity index (χ2n) is 2.05. The Morgan fingerprint density at radius 2 is 2.00 bits per heavy atom. The van der Waals surface area contributed by atoms with Gasteiger partial charge in [0.15, 0.2) is 0 Å². The van der Waals surface area contributed by atoms with Gasteiger partial charge in [0.2, 0.25) is 0 Å². The van der Waals surface area contributed by atoms with Crippen molar-refractivity contribution in [3.63, 3.8) is 0 Å². The zero-order valence-electron chi connectivity index (χ0n) is 6.54. The highest BCUT2D eigenvalue weighted by Crippen LogP contribution is 1.86. The zero-order valence-corrected chi connectivity index (χ0v) is 6.54. The fourth-order valence-electron chi connectivity index (χ4n) is 0.688. The van der Waals surface area contributed by atoms with Gasteiger partial charge in [-0.3, -0.25) is 0 Å². The molecule has 0 aliphatic rings. The Morgan fingerprint density at radius 3 is 2.64 bits per heavy atom. The molecular weight excluding hydrogens is 136 g/mol. The third-order valence-electron chi connectivity index (χ3n) is 1.17. The van der Waals surface area contributed by atoms with Crippen molar-refractivity contribution in [1.29, 1.82) is 0 Å². The van der Waals surface area contributed by atoms with E-state index in [-0.39, 0.29) is 0 Å². The van der Waals surface area contributed by atoms with Crippen LogP contribution >= 0.6 is 0 Å². The van der Waals surface area contributed by atoms with Crippen LogP contribution in [-0.4, -0.2) is 9.97 Å². The Balaban J connectivity index is 2.52. The highest BCUT2D eigenvalue weighted by molar-refractivity contribution is 5.05. The van der Waals surface area contributed by atoms with Crippen LogP contribution in [-0.2, 0) is 6.42 Å². The summed E-state index contributed by atoms with van der Waals surface area (Å²) in [5, 5.41) is 0. The molecule has 2 nitrogen and oxygen atoms in total. The topological polar surface area (TPSA) is 25.8 Å². The van der Waals surface area contributed by atoms with E-state index in [1.54, 1.807) is 18.5 Å². The molecule has 0 unspecified atom stereocenters. The first-order valence-corrected chi connectivity index (χ1v) is 3.65. The molecule has 0 atom stereocenters. The third-order valence-corrected chi connectivity index (χ3v) is 1.17. The maximum Gasteiger partial charge on any atom is 0.140 e. The van der Waals surface area contributed by atoms with Gasteiger partial charge >= 0.3 is 0 Å². The number of hydrogen-bond acceptors (Lipinski definition) is 2. The Labute approximate surface area is 66.7 Å². The summed E-state index contributed by atoms with van der Waals surface area (Å²) in [6, 6.07) is 1.80. The molecule has 0 saturated heterocycles. The fourth-order valence-corrected chi connectivity index (χ4v) is 0.688. The maximum absolute atomic E-state index is 4.04. The molecule has 0 N–H and O–H groups in total. The quantitative estimate of drug-likeness (QED) is 0.560. The summed E-state index contributed by atoms with van der Waals surface area (Å²) in [6.07, 6.45) is 5.02. The Bertz CT molecular complexity index is 256. The van der Waals surface area contributed by atoms with Crippen molar-refractivity contribution in [3.8, 4) is 11.8 Å². The van der Waals surface area contributed by atoms with Gasteiger partial charge in [0.25, 0.3) is 0 Å². The average Bonchev–Trinajstić information content (AvgIpc) is 2.07. The highest BCUT2D eigenvalue weighted by atomic mass is 14.8. The molecule has 0 aliphatic heterocycles. The largest absolute Gasteiger partial charge is 0.240 e. The molecule has 0 amide bonds. The number of rotatable bonds is 1. The van der Waals surface area contributed by atoms with Crippen molar-refractivity contribution < 1.29 is 0 Å². The lowest BCUT2D eigenvalue weighted by Gasteiger charge is -1.88. The number of aromatic nitrogens is 2. The van der Waals surface area contributed by atoms with Crippen LogP contribution in [0.4, 0.5) is 0 Å². The van der Waals surface area contributed by atoms with Crippen molar-refractivity contribution in [1.82, 2.24) is 9.97 Å². The van der Waals surface area contributed by atoms with E-state index >= 15 is 0 Å². The molecular formula is C9H10N2. The molecule has 1 aromatic rings. The summed E-state index contributed by atoms with van der Waals surface area (Å²) < 4.78 is 0. The van der Waals surface area contributed by atoms with Gasteiger partial charge in [0.1, 0.15) is 5.82 Å². The van der Waals surface area contributed by atoms with Gasteiger partial charge in [-0.15, -0.1) is 5.92 Å². The Hall–Kier alpha value is -1.36. The van der Waals surface area contributed by atoms with Crippen molar-refractivity contribution >= 4 is 0 Å². The van der Waals surface area contributed by atoms with Crippen LogP contribution in [0.15, 0.2) is 18.5 Å². The van der Waals surface area contributed by atoms with Crippen LogP contribution in [0.25, 0.3) is 0 Å². The SMILES string of the molecule is CCC#CCc1ncccn1. The molecule has 0 fully saturated rings. The minimum atomic E-state index is 0.661. The lowest BCUT2D eigenvalue weighted by Crippen LogP contribution is -1.89. The normalized spacial score (nSPS) is 8.45. The summed E-state index contributed by atoms with van der Waals surface area (Å²) >= 11 is 0. The molecule has 0 radical (unpaired) electrons. The second kappa shape index (κ2) is 4.45. The van der Waals surface area contributed by atoms with Crippen LogP contribution in [0.5, 0.6) is 0 Å². The molecule has 0 saturated carbocycles. The van der Waals surface area contributed by atoms with Crippen molar-refractivity contribution in [2.45, 2.75) is 19.8 Å². The lowest BCUT2D eigenvalue weighted by molar-refractivity contribution is 1.00. The van der Waals surface area contributed by atoms with Gasteiger partial charge in [-0.1, -0.05) is 12.8 Å². The van der Waals surface area contributed by atoms with Crippen LogP contribution in [0.2, 0.25) is 0 Å². The van der Waals surface area contributed by atoms with E-state index in [1.165, 1.54) is 0 Å². The zero-order chi connectivity index (χ0) is 7.94. The molecule has 0 aromatic carbocycles. The van der Waals surface area contributed by atoms with E-state index in [1.807, 2.05) is 6.92 Å². The predicted octanol–water partition coefficient (Wildman–Crippen LogP) is 1.43. The van der Waals surface area contributed by atoms with Gasteiger partial charge in [0, 0.05) is 18.8 Å². The highest BCUT2D eigenvalue weighted by Gasteiger charge is 1.87. The minimum absolute atomic E-state index is 0.661. The average molecular weight is 146 g/mol. The van der Waals surface area contributed by atoms with Gasteiger partial charge < -0.3 is 0 Å². The van der Waals surface area contributed by atoms with E-state index in [4.69, 9.17) is 0 Å². The standard InChI is InChI=1S/C9H10N2/c1-2-3-4-6-9-10-7-5-8-11-9/h5,7-8H,2,6H2,1H3. The summed E-state index contributed by atoms with van der Waals surface area (Å²) in [5.41, 5.74) is 0. The van der Waals surface area contributed by atoms with Gasteiger partial charge in [-0.2, -0.15) is 0 Å². The van der Waals surface area contributed by atoms with Crippen molar-refractivity contribution in [2.24, 2.45) is 0 Å². The Morgan fingerprint density at radius 1 is 1.27 bits per heavy atom. The van der Waals surface area contributed by atoms with Crippen LogP contribution in [0.1, 0.15) is 19.2 Å². The monoisotopic (exact) mass is 146 g/mol. The van der Waals surface area contributed by atoms with E-state index in [9.17, 15) is 0 Å². The summed E-state index contributed by atoms with van der Waals surface area (Å²) in [4.78, 5) is 8.07. The molecule has 2 heteroatoms. The van der Waals surface area contributed by atoms with Crippen LogP contribution in [0, 0.1) is 11.8 Å². The molecule has 0 spiro atoms. The number of hydrogen-bond donors (Lipinski definition) is 0. The molecule has 1 rings (SSSR count). The van der Waals surface area contributed by atoms with Crippen molar-refractivity contribution in [2.75, 3.05) is 0 Å². The Kier molecular flexibility index (Phi) is 3.14. The molecule has 0 aliphatic carbocycles. The van der Waals surface area contributed by atoms with E-state index in [0.29, 0.717) is 6.42 Å². The minimum Gasteiger partial charge on any atom is -0.240 e. The first-order chi connectivity index (χ1) is 5.43. The van der Waals surface area contributed by atoms with E-state index in [2.05, 4.69) is 21.8 Å². The lowest BCUT2D eigenvalue weighted by atomic mass is 10.3. The van der Waals surface area contributed by atoms with Gasteiger partial charge in [0.05, 0.1) is 6.42 Å². The van der Waals surface area contributed by atoms with Gasteiger partial charge in [-0.25, -0.2) is 9.97 Å². The summed E-state index contributed by atoms with van der Waals surface area (Å²) in [6.45, 7) is 2.03. The molecule has 1 heterocycles. The first-order valence-electron chi connectivity index (χ1n) is 3.65. The molecule has 0 bridgehead atoms. The summed E-state index contributed by atoms with van der Waals surface area (Å²) in [5.74, 6) is 6.74. The fraction of sp³-hybridized carbons (Fsp3) is 0.333. The van der Waals surface area contributed by atoms with Crippen molar-refractivity contribution in [3.05, 3.63) is 24.3 Å². The smallest absolute Gasteiger partial charge is 0.140 e. The van der Waals surface area contributed by atoms with Crippen LogP contribution < -0.4 is 0 Å². The second-order valence-corrected chi connectivity index (χ2v) is 2.05. The number of nitrogens with zero attached hydrogens (tertiary/aromatic N) is 2. The predicted molar refractivity (Wildman–Crippen MR) is 43.8 cm³/mol. The summed E-state index contributed by atoms with van der Waals surface area (Å²) in [7, 11) is 0. The van der Waals surface area contributed by atoms with Gasteiger partial charge in [-0.05, 0) is 6.07 Å². The third kappa shape index (κ3) is 2.81. The van der Waals surface area contributed by atoms with E-state index < -0.39 is 0 Å². The maximum atomic E-state index is 4.04. The van der Waals surface area contributed by atoms with E-state index in [0.717, 1.165) is 12.2 Å². The first kappa shape index (κ1) is 7.74. The van der Waals surface area contributed by atoms with Crippen LogP contribution in [0.3, 0.4) is 0 Å². The molecule has 56 valence electrons. The molecule has 11 heavy (non-hydrogen) atoms.